The summed E-state index contributed by atoms with van der Waals surface area (Å²) in [6, 6.07) is 5.89. The summed E-state index contributed by atoms with van der Waals surface area (Å²) in [5.41, 5.74) is 2.86. The Morgan fingerprint density at radius 1 is 1.50 bits per heavy atom. The maximum atomic E-state index is 5.57. The number of hydrogen-bond acceptors (Lipinski definition) is 4. The molecule has 1 aliphatic rings. The van der Waals surface area contributed by atoms with Gasteiger partial charge in [0.15, 0.2) is 0 Å². The second-order valence-electron chi connectivity index (χ2n) is 3.31. The lowest BCUT2D eigenvalue weighted by Crippen LogP contribution is -2.00. The lowest BCUT2D eigenvalue weighted by molar-refractivity contribution is 0.179. The Balaban J connectivity index is 1.89. The van der Waals surface area contributed by atoms with Crippen LogP contribution in [0.1, 0.15) is 6.92 Å². The van der Waals surface area contributed by atoms with Crippen LogP contribution < -0.4 is 4.74 Å². The third-order valence-electron chi connectivity index (χ3n) is 2.21. The van der Waals surface area contributed by atoms with E-state index in [2.05, 4.69) is 4.98 Å². The van der Waals surface area contributed by atoms with Gasteiger partial charge < -0.3 is 9.47 Å². The summed E-state index contributed by atoms with van der Waals surface area (Å²) in [5, 5.41) is 0. The van der Waals surface area contributed by atoms with Crippen molar-refractivity contribution in [2.75, 3.05) is 0 Å². The molecule has 4 heteroatoms. The highest BCUT2D eigenvalue weighted by atomic mass is 32.1. The molecule has 72 valence electrons. The Morgan fingerprint density at radius 3 is 3.14 bits per heavy atom. The number of nitrogens with zero attached hydrogens (tertiary/aromatic N) is 1. The van der Waals surface area contributed by atoms with Gasteiger partial charge in [0, 0.05) is 0 Å². The van der Waals surface area contributed by atoms with E-state index in [1.54, 1.807) is 11.3 Å². The molecule has 0 N–H and O–H groups in total. The van der Waals surface area contributed by atoms with E-state index in [1.807, 2.05) is 30.6 Å². The predicted octanol–water partition coefficient (Wildman–Crippen LogP) is 2.42. The van der Waals surface area contributed by atoms with E-state index in [9.17, 15) is 0 Å². The van der Waals surface area contributed by atoms with Crippen LogP contribution in [-0.4, -0.2) is 17.4 Å². The Labute approximate surface area is 85.3 Å². The van der Waals surface area contributed by atoms with Gasteiger partial charge in [0.25, 0.3) is 0 Å². The number of epoxide rings is 1. The summed E-state index contributed by atoms with van der Waals surface area (Å²) in [6.07, 6.45) is 0.174. The minimum atomic E-state index is -0.0552. The first-order valence-electron chi connectivity index (χ1n) is 4.48. The molecule has 1 aromatic carbocycles. The van der Waals surface area contributed by atoms with Gasteiger partial charge in [0.2, 0.25) is 6.29 Å². The van der Waals surface area contributed by atoms with Crippen LogP contribution in [0.3, 0.4) is 0 Å². The zero-order valence-corrected chi connectivity index (χ0v) is 8.45. The Morgan fingerprint density at radius 2 is 2.36 bits per heavy atom. The van der Waals surface area contributed by atoms with E-state index in [4.69, 9.17) is 9.47 Å². The topological polar surface area (TPSA) is 34.6 Å². The van der Waals surface area contributed by atoms with Gasteiger partial charge in [0.1, 0.15) is 11.9 Å². The molecule has 3 nitrogen and oxygen atoms in total. The SMILES string of the molecule is CC1OC1Oc1ccc2ncsc2c1. The fourth-order valence-electron chi connectivity index (χ4n) is 1.33. The fraction of sp³-hybridized carbons (Fsp3) is 0.300. The first-order valence-corrected chi connectivity index (χ1v) is 5.36. The average molecular weight is 207 g/mol. The molecule has 2 atom stereocenters. The molecule has 0 spiro atoms. The third kappa shape index (κ3) is 1.36. The molecule has 0 amide bonds. The minimum Gasteiger partial charge on any atom is -0.462 e. The van der Waals surface area contributed by atoms with Crippen molar-refractivity contribution in [2.45, 2.75) is 19.3 Å². The summed E-state index contributed by atoms with van der Waals surface area (Å²) in [5.74, 6) is 0.858. The van der Waals surface area contributed by atoms with Crippen molar-refractivity contribution in [3.8, 4) is 5.75 Å². The molecule has 1 saturated heterocycles. The van der Waals surface area contributed by atoms with Gasteiger partial charge in [-0.1, -0.05) is 0 Å². The molecule has 2 heterocycles. The van der Waals surface area contributed by atoms with E-state index in [0.717, 1.165) is 16.0 Å². The van der Waals surface area contributed by atoms with E-state index in [0.29, 0.717) is 0 Å². The van der Waals surface area contributed by atoms with Crippen molar-refractivity contribution < 1.29 is 9.47 Å². The quantitative estimate of drug-likeness (QED) is 0.709. The second kappa shape index (κ2) is 2.93. The smallest absolute Gasteiger partial charge is 0.226 e. The summed E-state index contributed by atoms with van der Waals surface area (Å²) in [4.78, 5) is 4.20. The molecule has 1 fully saturated rings. The number of benzene rings is 1. The van der Waals surface area contributed by atoms with Gasteiger partial charge in [-0.2, -0.15) is 0 Å². The first kappa shape index (κ1) is 8.20. The van der Waals surface area contributed by atoms with Gasteiger partial charge in [-0.3, -0.25) is 0 Å². The van der Waals surface area contributed by atoms with Crippen LogP contribution in [0.4, 0.5) is 0 Å². The molecule has 1 aromatic heterocycles. The molecule has 14 heavy (non-hydrogen) atoms. The van der Waals surface area contributed by atoms with Gasteiger partial charge >= 0.3 is 0 Å². The molecule has 3 rings (SSSR count). The highest BCUT2D eigenvalue weighted by molar-refractivity contribution is 7.16. The molecule has 2 unspecified atom stereocenters. The molecule has 0 bridgehead atoms. The Bertz CT molecular complexity index is 468. The van der Waals surface area contributed by atoms with Crippen molar-refractivity contribution in [2.24, 2.45) is 0 Å². The van der Waals surface area contributed by atoms with Crippen LogP contribution in [-0.2, 0) is 4.74 Å². The number of ether oxygens (including phenoxy) is 2. The summed E-state index contributed by atoms with van der Waals surface area (Å²) < 4.78 is 11.9. The van der Waals surface area contributed by atoms with Crippen LogP contribution in [0, 0.1) is 0 Å². The van der Waals surface area contributed by atoms with Crippen LogP contribution in [0.15, 0.2) is 23.7 Å². The number of aromatic nitrogens is 1. The highest BCUT2D eigenvalue weighted by Gasteiger charge is 2.36. The Hall–Kier alpha value is -1.13. The number of rotatable bonds is 2. The molecule has 2 aromatic rings. The summed E-state index contributed by atoms with van der Waals surface area (Å²) in [7, 11) is 0. The third-order valence-corrected chi connectivity index (χ3v) is 3.00. The zero-order valence-electron chi connectivity index (χ0n) is 7.64. The molecular formula is C10H9NO2S. The van der Waals surface area contributed by atoms with Gasteiger partial charge in [-0.05, 0) is 25.1 Å². The van der Waals surface area contributed by atoms with Crippen LogP contribution in [0.5, 0.6) is 5.75 Å². The van der Waals surface area contributed by atoms with Crippen molar-refractivity contribution in [1.29, 1.82) is 0 Å². The van der Waals surface area contributed by atoms with Crippen molar-refractivity contribution in [1.82, 2.24) is 4.98 Å². The molecule has 1 aliphatic heterocycles. The van der Waals surface area contributed by atoms with Gasteiger partial charge in [-0.15, -0.1) is 11.3 Å². The number of hydrogen-bond donors (Lipinski definition) is 0. The van der Waals surface area contributed by atoms with Crippen LogP contribution in [0.25, 0.3) is 10.2 Å². The van der Waals surface area contributed by atoms with Crippen molar-refractivity contribution in [3.63, 3.8) is 0 Å². The average Bonchev–Trinajstić information content (AvgIpc) is 2.70. The van der Waals surface area contributed by atoms with Gasteiger partial charge in [0.05, 0.1) is 15.7 Å². The predicted molar refractivity (Wildman–Crippen MR) is 54.6 cm³/mol. The van der Waals surface area contributed by atoms with Gasteiger partial charge in [-0.25, -0.2) is 4.98 Å². The summed E-state index contributed by atoms with van der Waals surface area (Å²) in [6.45, 7) is 2.00. The maximum Gasteiger partial charge on any atom is 0.226 e. The number of fused-ring (bicyclic) bond motifs is 1. The van der Waals surface area contributed by atoms with E-state index >= 15 is 0 Å². The maximum absolute atomic E-state index is 5.57. The summed E-state index contributed by atoms with van der Waals surface area (Å²) >= 11 is 1.62. The van der Waals surface area contributed by atoms with Crippen LogP contribution >= 0.6 is 11.3 Å². The number of thiazole rings is 1. The fourth-order valence-corrected chi connectivity index (χ4v) is 2.04. The second-order valence-corrected chi connectivity index (χ2v) is 4.20. The molecule has 0 radical (unpaired) electrons. The standard InChI is InChI=1S/C10H9NO2S/c1-6-10(12-6)13-7-2-3-8-9(4-7)14-5-11-8/h2-6,10H,1H3. The van der Waals surface area contributed by atoms with Crippen molar-refractivity contribution in [3.05, 3.63) is 23.7 Å². The van der Waals surface area contributed by atoms with Crippen molar-refractivity contribution >= 4 is 21.6 Å². The van der Waals surface area contributed by atoms with Crippen LogP contribution in [0.2, 0.25) is 0 Å². The minimum absolute atomic E-state index is 0.0552. The molecule has 0 aliphatic carbocycles. The van der Waals surface area contributed by atoms with E-state index < -0.39 is 0 Å². The largest absolute Gasteiger partial charge is 0.462 e. The zero-order chi connectivity index (χ0) is 9.54. The molecule has 0 saturated carbocycles. The lowest BCUT2D eigenvalue weighted by atomic mass is 10.3. The Kier molecular flexibility index (Phi) is 1.72. The molecular weight excluding hydrogens is 198 g/mol. The van der Waals surface area contributed by atoms with E-state index in [1.165, 1.54) is 0 Å². The normalized spacial score (nSPS) is 25.2. The van der Waals surface area contributed by atoms with E-state index in [-0.39, 0.29) is 12.4 Å². The first-order chi connectivity index (χ1) is 6.83. The lowest BCUT2D eigenvalue weighted by Gasteiger charge is -2.01. The monoisotopic (exact) mass is 207 g/mol. The highest BCUT2D eigenvalue weighted by Crippen LogP contribution is 2.28.